The Morgan fingerprint density at radius 2 is 1.71 bits per heavy atom. The van der Waals surface area contributed by atoms with Crippen molar-refractivity contribution in [1.29, 1.82) is 0 Å². The van der Waals surface area contributed by atoms with E-state index in [9.17, 15) is 14.7 Å². The molecule has 0 aliphatic carbocycles. The fourth-order valence-corrected chi connectivity index (χ4v) is 2.39. The maximum absolute atomic E-state index is 11.9. The number of carboxylic acids is 1. The van der Waals surface area contributed by atoms with E-state index in [-0.39, 0.29) is 13.0 Å². The SMILES string of the molecule is O=C(COCc1ccccc1)N[C@@H](Cc1ccc(Br)cc1)C(=O)O. The number of carbonyl (C=O) groups excluding carboxylic acids is 1. The average molecular weight is 392 g/mol. The number of halogens is 1. The summed E-state index contributed by atoms with van der Waals surface area (Å²) in [5, 5.41) is 11.8. The highest BCUT2D eigenvalue weighted by molar-refractivity contribution is 9.10. The van der Waals surface area contributed by atoms with E-state index in [2.05, 4.69) is 21.2 Å². The van der Waals surface area contributed by atoms with Crippen LogP contribution in [0.15, 0.2) is 59.1 Å². The van der Waals surface area contributed by atoms with Crippen molar-refractivity contribution in [2.75, 3.05) is 6.61 Å². The van der Waals surface area contributed by atoms with Crippen molar-refractivity contribution >= 4 is 27.8 Å². The Labute approximate surface area is 148 Å². The Kier molecular flexibility index (Phi) is 6.96. The summed E-state index contributed by atoms with van der Waals surface area (Å²) in [4.78, 5) is 23.2. The molecule has 0 fully saturated rings. The predicted molar refractivity (Wildman–Crippen MR) is 93.5 cm³/mol. The first-order chi connectivity index (χ1) is 11.5. The molecule has 0 aromatic heterocycles. The minimum Gasteiger partial charge on any atom is -0.480 e. The van der Waals surface area contributed by atoms with Crippen LogP contribution in [0.1, 0.15) is 11.1 Å². The van der Waals surface area contributed by atoms with Gasteiger partial charge in [-0.15, -0.1) is 0 Å². The van der Waals surface area contributed by atoms with Gasteiger partial charge in [-0.2, -0.15) is 0 Å². The number of nitrogens with one attached hydrogen (secondary N) is 1. The van der Waals surface area contributed by atoms with Gasteiger partial charge in [0, 0.05) is 10.9 Å². The lowest BCUT2D eigenvalue weighted by Gasteiger charge is -2.15. The van der Waals surface area contributed by atoms with Gasteiger partial charge >= 0.3 is 5.97 Å². The minimum absolute atomic E-state index is 0.182. The number of benzene rings is 2. The lowest BCUT2D eigenvalue weighted by atomic mass is 10.1. The Morgan fingerprint density at radius 3 is 2.33 bits per heavy atom. The van der Waals surface area contributed by atoms with Gasteiger partial charge in [0.1, 0.15) is 12.6 Å². The standard InChI is InChI=1S/C18H18BrNO4/c19-15-8-6-13(7-9-15)10-16(18(22)23)20-17(21)12-24-11-14-4-2-1-3-5-14/h1-9,16H,10-12H2,(H,20,21)(H,22,23)/t16-/m0/s1. The number of hydrogen-bond donors (Lipinski definition) is 2. The third-order valence-electron chi connectivity index (χ3n) is 3.33. The van der Waals surface area contributed by atoms with Crippen LogP contribution in [0.4, 0.5) is 0 Å². The summed E-state index contributed by atoms with van der Waals surface area (Å²) in [5.74, 6) is -1.52. The smallest absolute Gasteiger partial charge is 0.326 e. The zero-order chi connectivity index (χ0) is 17.4. The van der Waals surface area contributed by atoms with Gasteiger partial charge in [0.25, 0.3) is 0 Å². The average Bonchev–Trinajstić information content (AvgIpc) is 2.57. The van der Waals surface area contributed by atoms with E-state index in [1.165, 1.54) is 0 Å². The summed E-state index contributed by atoms with van der Waals surface area (Å²) >= 11 is 3.33. The second-order valence-electron chi connectivity index (χ2n) is 5.27. The number of hydrogen-bond acceptors (Lipinski definition) is 3. The molecular formula is C18H18BrNO4. The number of ether oxygens (including phenoxy) is 1. The van der Waals surface area contributed by atoms with Crippen LogP contribution in [-0.2, 0) is 27.4 Å². The Bertz CT molecular complexity index is 673. The van der Waals surface area contributed by atoms with E-state index >= 15 is 0 Å². The van der Waals surface area contributed by atoms with Gasteiger partial charge in [0.15, 0.2) is 0 Å². The quantitative estimate of drug-likeness (QED) is 0.725. The molecule has 24 heavy (non-hydrogen) atoms. The highest BCUT2D eigenvalue weighted by atomic mass is 79.9. The van der Waals surface area contributed by atoms with Gasteiger partial charge < -0.3 is 15.2 Å². The molecule has 2 rings (SSSR count). The first-order valence-corrected chi connectivity index (χ1v) is 8.22. The first kappa shape index (κ1) is 18.2. The lowest BCUT2D eigenvalue weighted by Crippen LogP contribution is -2.43. The highest BCUT2D eigenvalue weighted by Crippen LogP contribution is 2.12. The van der Waals surface area contributed by atoms with Crippen molar-refractivity contribution in [2.45, 2.75) is 19.1 Å². The summed E-state index contributed by atoms with van der Waals surface area (Å²) < 4.78 is 6.23. The molecule has 126 valence electrons. The fraction of sp³-hybridized carbons (Fsp3) is 0.222. The van der Waals surface area contributed by atoms with E-state index < -0.39 is 17.9 Å². The molecule has 0 spiro atoms. The van der Waals surface area contributed by atoms with Gasteiger partial charge in [-0.25, -0.2) is 4.79 Å². The van der Waals surface area contributed by atoms with Crippen LogP contribution in [-0.4, -0.2) is 29.6 Å². The molecule has 0 saturated heterocycles. The molecule has 2 N–H and O–H groups in total. The van der Waals surface area contributed by atoms with E-state index in [1.807, 2.05) is 54.6 Å². The molecule has 0 aliphatic rings. The third-order valence-corrected chi connectivity index (χ3v) is 3.86. The maximum atomic E-state index is 11.9. The van der Waals surface area contributed by atoms with E-state index in [0.717, 1.165) is 15.6 Å². The van der Waals surface area contributed by atoms with Crippen molar-refractivity contribution in [3.05, 3.63) is 70.2 Å². The van der Waals surface area contributed by atoms with Crippen molar-refractivity contribution < 1.29 is 19.4 Å². The van der Waals surface area contributed by atoms with Gasteiger partial charge in [-0.1, -0.05) is 58.4 Å². The number of carboxylic acid groups (broad SMARTS) is 1. The zero-order valence-corrected chi connectivity index (χ0v) is 14.5. The van der Waals surface area contributed by atoms with Gasteiger partial charge in [-0.3, -0.25) is 4.79 Å². The Morgan fingerprint density at radius 1 is 1.04 bits per heavy atom. The molecule has 0 heterocycles. The summed E-state index contributed by atoms with van der Waals surface area (Å²) in [6.07, 6.45) is 0.215. The van der Waals surface area contributed by atoms with Crippen molar-refractivity contribution in [1.82, 2.24) is 5.32 Å². The third kappa shape index (κ3) is 6.14. The molecule has 6 heteroatoms. The molecule has 5 nitrogen and oxygen atoms in total. The molecule has 0 unspecified atom stereocenters. The lowest BCUT2D eigenvalue weighted by molar-refractivity contribution is -0.142. The Balaban J connectivity index is 1.82. The summed E-state index contributed by atoms with van der Waals surface area (Å²) in [6.45, 7) is 0.123. The zero-order valence-electron chi connectivity index (χ0n) is 12.9. The predicted octanol–water partition coefficient (Wildman–Crippen LogP) is 2.78. The number of rotatable bonds is 8. The maximum Gasteiger partial charge on any atom is 0.326 e. The van der Waals surface area contributed by atoms with E-state index in [4.69, 9.17) is 4.74 Å². The monoisotopic (exact) mass is 391 g/mol. The van der Waals surface area contributed by atoms with Crippen molar-refractivity contribution in [3.8, 4) is 0 Å². The second-order valence-corrected chi connectivity index (χ2v) is 6.18. The molecular weight excluding hydrogens is 374 g/mol. The van der Waals surface area contributed by atoms with Gasteiger partial charge in [0.2, 0.25) is 5.91 Å². The summed E-state index contributed by atoms with van der Waals surface area (Å²) in [5.41, 5.74) is 1.78. The summed E-state index contributed by atoms with van der Waals surface area (Å²) in [6, 6.07) is 15.8. The van der Waals surface area contributed by atoms with E-state index in [0.29, 0.717) is 6.61 Å². The van der Waals surface area contributed by atoms with Gasteiger partial charge in [0.05, 0.1) is 6.61 Å². The van der Waals surface area contributed by atoms with Crippen LogP contribution in [0.25, 0.3) is 0 Å². The van der Waals surface area contributed by atoms with Crippen LogP contribution in [0.3, 0.4) is 0 Å². The van der Waals surface area contributed by atoms with Crippen LogP contribution < -0.4 is 5.32 Å². The molecule has 1 amide bonds. The largest absolute Gasteiger partial charge is 0.480 e. The van der Waals surface area contributed by atoms with E-state index in [1.54, 1.807) is 0 Å². The summed E-state index contributed by atoms with van der Waals surface area (Å²) in [7, 11) is 0. The number of carbonyl (C=O) groups is 2. The van der Waals surface area contributed by atoms with Crippen LogP contribution in [0, 0.1) is 0 Å². The number of amides is 1. The van der Waals surface area contributed by atoms with Gasteiger partial charge in [-0.05, 0) is 23.3 Å². The second kappa shape index (κ2) is 9.20. The van der Waals surface area contributed by atoms with Crippen LogP contribution >= 0.6 is 15.9 Å². The topological polar surface area (TPSA) is 75.6 Å². The molecule has 0 bridgehead atoms. The van der Waals surface area contributed by atoms with Crippen LogP contribution in [0.5, 0.6) is 0 Å². The molecule has 0 aliphatic heterocycles. The minimum atomic E-state index is -1.07. The van der Waals surface area contributed by atoms with Crippen molar-refractivity contribution in [3.63, 3.8) is 0 Å². The van der Waals surface area contributed by atoms with Crippen molar-refractivity contribution in [2.24, 2.45) is 0 Å². The highest BCUT2D eigenvalue weighted by Gasteiger charge is 2.20. The normalized spacial score (nSPS) is 11.7. The first-order valence-electron chi connectivity index (χ1n) is 7.43. The molecule has 2 aromatic carbocycles. The molecule has 0 saturated carbocycles. The molecule has 1 atom stereocenters. The number of aliphatic carboxylic acids is 1. The Hall–Kier alpha value is -2.18. The fourth-order valence-electron chi connectivity index (χ4n) is 2.13. The molecule has 0 radical (unpaired) electrons. The van der Waals surface area contributed by atoms with Crippen LogP contribution in [0.2, 0.25) is 0 Å². The molecule has 2 aromatic rings.